The first-order valence-corrected chi connectivity index (χ1v) is 12.6. The Bertz CT molecular complexity index is 1180. The van der Waals surface area contributed by atoms with Crippen molar-refractivity contribution in [3.8, 4) is 0 Å². The van der Waals surface area contributed by atoms with Crippen molar-refractivity contribution in [2.24, 2.45) is 0 Å². The molecular formula is C22H20Cl2N2O3S2. The van der Waals surface area contributed by atoms with Gasteiger partial charge in [-0.3, -0.25) is 9.52 Å². The predicted octanol–water partition coefficient (Wildman–Crippen LogP) is 5.97. The Morgan fingerprint density at radius 1 is 0.935 bits per heavy atom. The molecule has 9 heteroatoms. The lowest BCUT2D eigenvalue weighted by Crippen LogP contribution is -2.15. The number of rotatable bonds is 8. The average Bonchev–Trinajstić information content (AvgIpc) is 2.71. The van der Waals surface area contributed by atoms with Crippen molar-refractivity contribution in [1.82, 2.24) is 0 Å². The fourth-order valence-electron chi connectivity index (χ4n) is 2.73. The van der Waals surface area contributed by atoms with Crippen molar-refractivity contribution < 1.29 is 13.2 Å². The number of anilines is 2. The van der Waals surface area contributed by atoms with Crippen LogP contribution >= 0.6 is 35.0 Å². The lowest BCUT2D eigenvalue weighted by Gasteiger charge is -2.10. The molecule has 0 aromatic heterocycles. The summed E-state index contributed by atoms with van der Waals surface area (Å²) in [5.41, 5.74) is 2.95. The molecule has 31 heavy (non-hydrogen) atoms. The second-order valence-electron chi connectivity index (χ2n) is 6.79. The van der Waals surface area contributed by atoms with Crippen LogP contribution in [0.2, 0.25) is 10.0 Å². The van der Waals surface area contributed by atoms with E-state index in [4.69, 9.17) is 23.2 Å². The van der Waals surface area contributed by atoms with Crippen molar-refractivity contribution in [2.75, 3.05) is 15.8 Å². The molecule has 0 aliphatic carbocycles. The Morgan fingerprint density at radius 2 is 1.68 bits per heavy atom. The van der Waals surface area contributed by atoms with Crippen LogP contribution in [0.4, 0.5) is 11.4 Å². The van der Waals surface area contributed by atoms with Gasteiger partial charge in [0.2, 0.25) is 5.91 Å². The third kappa shape index (κ3) is 6.90. The number of nitrogens with one attached hydrogen (secondary N) is 2. The summed E-state index contributed by atoms with van der Waals surface area (Å²) in [6.07, 6.45) is 0. The Labute approximate surface area is 196 Å². The molecule has 0 aliphatic heterocycles. The highest BCUT2D eigenvalue weighted by molar-refractivity contribution is 7.99. The van der Waals surface area contributed by atoms with Gasteiger partial charge >= 0.3 is 0 Å². The summed E-state index contributed by atoms with van der Waals surface area (Å²) in [4.78, 5) is 12.3. The maximum absolute atomic E-state index is 12.5. The highest BCUT2D eigenvalue weighted by atomic mass is 35.5. The highest BCUT2D eigenvalue weighted by Gasteiger charge is 2.14. The van der Waals surface area contributed by atoms with Crippen LogP contribution in [0.3, 0.4) is 0 Å². The second kappa shape index (κ2) is 10.4. The van der Waals surface area contributed by atoms with Gasteiger partial charge in [0.25, 0.3) is 10.0 Å². The molecule has 3 aromatic carbocycles. The molecule has 0 spiro atoms. The van der Waals surface area contributed by atoms with Crippen LogP contribution in [0, 0.1) is 6.92 Å². The number of hydrogen-bond acceptors (Lipinski definition) is 4. The number of carbonyl (C=O) groups excluding carboxylic acids is 1. The van der Waals surface area contributed by atoms with Gasteiger partial charge in [0.1, 0.15) is 0 Å². The monoisotopic (exact) mass is 494 g/mol. The van der Waals surface area contributed by atoms with E-state index in [1.807, 2.05) is 19.1 Å². The lowest BCUT2D eigenvalue weighted by atomic mass is 10.2. The van der Waals surface area contributed by atoms with Crippen LogP contribution in [0.25, 0.3) is 0 Å². The number of sulfonamides is 1. The topological polar surface area (TPSA) is 75.3 Å². The SMILES string of the molecule is Cc1cccc(NS(=O)(=O)c2ccc(NC(=O)CSCc3ccc(Cl)c(Cl)c3)cc2)c1. The molecule has 3 rings (SSSR count). The standard InChI is InChI=1S/C22H20Cl2N2O3S2/c1-15-3-2-4-18(11-15)26-31(28,29)19-8-6-17(7-9-19)25-22(27)14-30-13-16-5-10-20(23)21(24)12-16/h2-12,26H,13-14H2,1H3,(H,25,27). The number of carbonyl (C=O) groups is 1. The van der Waals surface area contributed by atoms with Crippen molar-refractivity contribution in [3.05, 3.63) is 87.9 Å². The smallest absolute Gasteiger partial charge is 0.261 e. The number of thioether (sulfide) groups is 1. The summed E-state index contributed by atoms with van der Waals surface area (Å²) in [5.74, 6) is 0.681. The Hall–Kier alpha value is -2.19. The van der Waals surface area contributed by atoms with Gasteiger partial charge in [-0.05, 0) is 66.6 Å². The number of amides is 1. The van der Waals surface area contributed by atoms with E-state index in [2.05, 4.69) is 10.0 Å². The molecule has 3 aromatic rings. The first-order valence-electron chi connectivity index (χ1n) is 9.24. The third-order valence-corrected chi connectivity index (χ3v) is 7.34. The van der Waals surface area contributed by atoms with Crippen molar-refractivity contribution in [1.29, 1.82) is 0 Å². The van der Waals surface area contributed by atoms with E-state index in [0.29, 0.717) is 27.2 Å². The Kier molecular flexibility index (Phi) is 7.89. The molecule has 0 radical (unpaired) electrons. The van der Waals surface area contributed by atoms with E-state index in [0.717, 1.165) is 11.1 Å². The second-order valence-corrected chi connectivity index (χ2v) is 10.3. The molecule has 0 atom stereocenters. The largest absolute Gasteiger partial charge is 0.325 e. The molecule has 0 unspecified atom stereocenters. The zero-order chi connectivity index (χ0) is 22.4. The summed E-state index contributed by atoms with van der Waals surface area (Å²) >= 11 is 13.3. The van der Waals surface area contributed by atoms with Crippen LogP contribution < -0.4 is 10.0 Å². The van der Waals surface area contributed by atoms with Crippen LogP contribution in [-0.2, 0) is 20.6 Å². The molecule has 1 amide bonds. The van der Waals surface area contributed by atoms with E-state index >= 15 is 0 Å². The Balaban J connectivity index is 1.53. The summed E-state index contributed by atoms with van der Waals surface area (Å²) in [6, 6.07) is 18.5. The molecule has 162 valence electrons. The predicted molar refractivity (Wildman–Crippen MR) is 130 cm³/mol. The molecule has 5 nitrogen and oxygen atoms in total. The summed E-state index contributed by atoms with van der Waals surface area (Å²) in [6.45, 7) is 1.89. The number of hydrogen-bond donors (Lipinski definition) is 2. The fraction of sp³-hybridized carbons (Fsp3) is 0.136. The van der Waals surface area contributed by atoms with Gasteiger partial charge in [0, 0.05) is 17.1 Å². The summed E-state index contributed by atoms with van der Waals surface area (Å²) in [7, 11) is -3.71. The normalized spacial score (nSPS) is 11.2. The third-order valence-electron chi connectivity index (χ3n) is 4.20. The molecule has 0 saturated carbocycles. The van der Waals surface area contributed by atoms with E-state index in [1.54, 1.807) is 42.5 Å². The van der Waals surface area contributed by atoms with E-state index in [-0.39, 0.29) is 16.6 Å². The number of aryl methyl sites for hydroxylation is 1. The van der Waals surface area contributed by atoms with Crippen LogP contribution in [0.15, 0.2) is 71.6 Å². The lowest BCUT2D eigenvalue weighted by molar-refractivity contribution is -0.113. The molecule has 0 saturated heterocycles. The highest BCUT2D eigenvalue weighted by Crippen LogP contribution is 2.25. The van der Waals surface area contributed by atoms with Crippen molar-refractivity contribution in [2.45, 2.75) is 17.6 Å². The minimum Gasteiger partial charge on any atom is -0.325 e. The summed E-state index contributed by atoms with van der Waals surface area (Å²) < 4.78 is 27.6. The minimum absolute atomic E-state index is 0.112. The maximum atomic E-state index is 12.5. The van der Waals surface area contributed by atoms with Crippen molar-refractivity contribution >= 4 is 62.3 Å². The Morgan fingerprint density at radius 3 is 2.35 bits per heavy atom. The van der Waals surface area contributed by atoms with E-state index < -0.39 is 10.0 Å². The van der Waals surface area contributed by atoms with Gasteiger partial charge < -0.3 is 5.32 Å². The zero-order valence-electron chi connectivity index (χ0n) is 16.6. The van der Waals surface area contributed by atoms with E-state index in [1.165, 1.54) is 23.9 Å². The van der Waals surface area contributed by atoms with Crippen molar-refractivity contribution in [3.63, 3.8) is 0 Å². The van der Waals surface area contributed by atoms with Gasteiger partial charge in [-0.15, -0.1) is 11.8 Å². The number of halogens is 2. The molecule has 0 aliphatic rings. The maximum Gasteiger partial charge on any atom is 0.261 e. The van der Waals surface area contributed by atoms with Crippen LogP contribution in [-0.4, -0.2) is 20.1 Å². The number of benzene rings is 3. The van der Waals surface area contributed by atoms with Gasteiger partial charge in [0.05, 0.1) is 20.7 Å². The van der Waals surface area contributed by atoms with E-state index in [9.17, 15) is 13.2 Å². The minimum atomic E-state index is -3.71. The van der Waals surface area contributed by atoms with Crippen LogP contribution in [0.1, 0.15) is 11.1 Å². The zero-order valence-corrected chi connectivity index (χ0v) is 19.7. The van der Waals surface area contributed by atoms with Gasteiger partial charge in [0.15, 0.2) is 0 Å². The average molecular weight is 495 g/mol. The quantitative estimate of drug-likeness (QED) is 0.404. The molecule has 0 fully saturated rings. The summed E-state index contributed by atoms with van der Waals surface area (Å²) in [5, 5.41) is 3.74. The van der Waals surface area contributed by atoms with Gasteiger partial charge in [-0.2, -0.15) is 0 Å². The first-order chi connectivity index (χ1) is 14.7. The first kappa shape index (κ1) is 23.5. The van der Waals surface area contributed by atoms with Crippen LogP contribution in [0.5, 0.6) is 0 Å². The van der Waals surface area contributed by atoms with Gasteiger partial charge in [-0.25, -0.2) is 8.42 Å². The molecule has 0 heterocycles. The molecular weight excluding hydrogens is 475 g/mol. The molecule has 2 N–H and O–H groups in total. The molecule has 0 bridgehead atoms. The van der Waals surface area contributed by atoms with Gasteiger partial charge in [-0.1, -0.05) is 41.4 Å². The fourth-order valence-corrected chi connectivity index (χ4v) is 4.87.